The van der Waals surface area contributed by atoms with Crippen LogP contribution in [0, 0.1) is 5.92 Å². The highest BCUT2D eigenvalue weighted by atomic mass is 16.5. The van der Waals surface area contributed by atoms with E-state index in [2.05, 4.69) is 16.0 Å². The largest absolute Gasteiger partial charge is 0.483 e. The van der Waals surface area contributed by atoms with Crippen molar-refractivity contribution in [1.82, 2.24) is 20.9 Å². The van der Waals surface area contributed by atoms with Gasteiger partial charge in [-0.25, -0.2) is 0 Å². The van der Waals surface area contributed by atoms with Gasteiger partial charge >= 0.3 is 5.97 Å². The zero-order valence-corrected chi connectivity index (χ0v) is 26.4. The third-order valence-electron chi connectivity index (χ3n) is 7.33. The summed E-state index contributed by atoms with van der Waals surface area (Å²) < 4.78 is 21.9. The molecule has 6 amide bonds. The number of benzene rings is 1. The normalized spacial score (nSPS) is 16.4. The van der Waals surface area contributed by atoms with Crippen molar-refractivity contribution in [2.75, 3.05) is 59.3 Å². The number of amides is 6. The van der Waals surface area contributed by atoms with Crippen molar-refractivity contribution in [3.63, 3.8) is 0 Å². The first-order valence-electron chi connectivity index (χ1n) is 15.6. The second kappa shape index (κ2) is 19.3. The van der Waals surface area contributed by atoms with Crippen LogP contribution in [0.4, 0.5) is 0 Å². The minimum Gasteiger partial charge on any atom is -0.483 e. The van der Waals surface area contributed by atoms with E-state index >= 15 is 0 Å². The minimum atomic E-state index is -1.10. The Hall–Kier alpha value is -4.41. The van der Waals surface area contributed by atoms with E-state index in [1.165, 1.54) is 18.2 Å². The molecule has 2 aliphatic heterocycles. The Morgan fingerprint density at radius 3 is 2.15 bits per heavy atom. The summed E-state index contributed by atoms with van der Waals surface area (Å²) in [7, 11) is 0. The Kier molecular flexibility index (Phi) is 15.2. The van der Waals surface area contributed by atoms with Gasteiger partial charge in [0.05, 0.1) is 43.5 Å². The number of fused-ring (bicyclic) bond motifs is 1. The summed E-state index contributed by atoms with van der Waals surface area (Å²) in [5, 5.41) is 16.4. The predicted molar refractivity (Wildman–Crippen MR) is 162 cm³/mol. The van der Waals surface area contributed by atoms with E-state index in [4.69, 9.17) is 24.1 Å². The van der Waals surface area contributed by atoms with Crippen LogP contribution >= 0.6 is 0 Å². The molecule has 0 radical (unpaired) electrons. The van der Waals surface area contributed by atoms with Crippen LogP contribution < -0.4 is 20.7 Å². The van der Waals surface area contributed by atoms with Gasteiger partial charge in [-0.2, -0.15) is 0 Å². The van der Waals surface area contributed by atoms with Crippen LogP contribution in [0.1, 0.15) is 66.2 Å². The molecule has 1 aromatic carbocycles. The second-order valence-electron chi connectivity index (χ2n) is 10.9. The maximum atomic E-state index is 13.1. The van der Waals surface area contributed by atoms with E-state index in [9.17, 15) is 33.6 Å². The van der Waals surface area contributed by atoms with Crippen LogP contribution in [0.2, 0.25) is 0 Å². The Morgan fingerprint density at radius 1 is 0.915 bits per heavy atom. The number of ether oxygens (including phenoxy) is 4. The van der Waals surface area contributed by atoms with Crippen molar-refractivity contribution in [3.8, 4) is 5.75 Å². The molecule has 2 aliphatic rings. The van der Waals surface area contributed by atoms with Crippen LogP contribution in [0.3, 0.4) is 0 Å². The molecule has 1 saturated heterocycles. The van der Waals surface area contributed by atoms with Crippen LogP contribution in [0.5, 0.6) is 5.75 Å². The predicted octanol–water partition coefficient (Wildman–Crippen LogP) is 0.0299. The highest BCUT2D eigenvalue weighted by Gasteiger charge is 2.46. The molecule has 0 spiro atoms. The average molecular weight is 663 g/mol. The standard InChI is InChI=1S/C31H42N4O12/c1-20(31(42)43)7-9-24(36)32-11-3-13-44-15-17-46-18-16-45-14-4-12-33-26(38)19-47-23-6-2-5-21-27(23)30(41)35(29(21)40)22-8-10-25(37)34-28(22)39/h2,5-6,20,22H,3-4,7-19H2,1H3,(H,32,36)(H,33,38)(H,42,43)(H,34,37,39)/t20-,22?/m0/s1. The lowest BCUT2D eigenvalue weighted by Gasteiger charge is -2.27. The van der Waals surface area contributed by atoms with Crippen LogP contribution in [-0.4, -0.2) is 117 Å². The fourth-order valence-electron chi connectivity index (χ4n) is 4.70. The van der Waals surface area contributed by atoms with E-state index in [-0.39, 0.29) is 42.0 Å². The molecule has 0 aliphatic carbocycles. The van der Waals surface area contributed by atoms with Crippen molar-refractivity contribution >= 4 is 41.4 Å². The van der Waals surface area contributed by atoms with Crippen molar-refractivity contribution in [2.24, 2.45) is 5.92 Å². The summed E-state index contributed by atoms with van der Waals surface area (Å²) in [6.07, 6.45) is 1.69. The highest BCUT2D eigenvalue weighted by molar-refractivity contribution is 6.24. The summed E-state index contributed by atoms with van der Waals surface area (Å²) >= 11 is 0. The number of carboxylic acids is 1. The third-order valence-corrected chi connectivity index (χ3v) is 7.33. The van der Waals surface area contributed by atoms with Gasteiger partial charge in [0.2, 0.25) is 17.7 Å². The molecule has 258 valence electrons. The molecule has 3 rings (SSSR count). The first-order chi connectivity index (χ1) is 22.6. The lowest BCUT2D eigenvalue weighted by molar-refractivity contribution is -0.141. The molecule has 1 unspecified atom stereocenters. The Labute approximate surface area is 271 Å². The lowest BCUT2D eigenvalue weighted by Crippen LogP contribution is -2.54. The number of carboxylic acid groups (broad SMARTS) is 1. The van der Waals surface area contributed by atoms with Crippen LogP contribution in [-0.2, 0) is 38.2 Å². The third kappa shape index (κ3) is 11.7. The number of nitrogens with one attached hydrogen (secondary N) is 3. The number of hydrogen-bond donors (Lipinski definition) is 4. The van der Waals surface area contributed by atoms with E-state index in [0.717, 1.165) is 4.90 Å². The van der Waals surface area contributed by atoms with E-state index < -0.39 is 54.1 Å². The van der Waals surface area contributed by atoms with Gasteiger partial charge < -0.3 is 34.7 Å². The fourth-order valence-corrected chi connectivity index (χ4v) is 4.70. The van der Waals surface area contributed by atoms with Gasteiger partial charge in [-0.15, -0.1) is 0 Å². The van der Waals surface area contributed by atoms with Crippen molar-refractivity contribution in [1.29, 1.82) is 0 Å². The number of piperidine rings is 1. The number of nitrogens with zero attached hydrogens (tertiary/aromatic N) is 1. The molecule has 16 nitrogen and oxygen atoms in total. The first kappa shape index (κ1) is 37.1. The van der Waals surface area contributed by atoms with Crippen LogP contribution in [0.25, 0.3) is 0 Å². The molecule has 1 aromatic rings. The van der Waals surface area contributed by atoms with Gasteiger partial charge in [0.15, 0.2) is 6.61 Å². The van der Waals surface area contributed by atoms with Crippen molar-refractivity contribution < 1.29 is 57.6 Å². The number of rotatable bonds is 22. The number of aliphatic carboxylic acids is 1. The maximum Gasteiger partial charge on any atom is 0.306 e. The second-order valence-corrected chi connectivity index (χ2v) is 10.9. The number of carbonyl (C=O) groups excluding carboxylic acids is 6. The lowest BCUT2D eigenvalue weighted by atomic mass is 10.0. The van der Waals surface area contributed by atoms with E-state index in [0.29, 0.717) is 72.0 Å². The maximum absolute atomic E-state index is 13.1. The van der Waals surface area contributed by atoms with Crippen molar-refractivity contribution in [3.05, 3.63) is 29.3 Å². The zero-order chi connectivity index (χ0) is 34.2. The van der Waals surface area contributed by atoms with E-state index in [1.807, 2.05) is 0 Å². The van der Waals surface area contributed by atoms with Gasteiger partial charge in [-0.3, -0.25) is 43.8 Å². The molecule has 16 heteroatoms. The summed E-state index contributed by atoms with van der Waals surface area (Å²) in [5.74, 6) is -4.58. The summed E-state index contributed by atoms with van der Waals surface area (Å²) in [5.41, 5.74) is 0.0345. The number of carbonyl (C=O) groups is 7. The zero-order valence-electron chi connectivity index (χ0n) is 26.4. The molecule has 2 heterocycles. The molecule has 0 saturated carbocycles. The molecule has 47 heavy (non-hydrogen) atoms. The SMILES string of the molecule is C[C@@H](CCC(=O)NCCCOCCOCCOCCCNC(=O)COc1cccc2c1C(=O)N(C1CCC(=O)NC1=O)C2=O)C(=O)O. The van der Waals surface area contributed by atoms with Gasteiger partial charge in [-0.1, -0.05) is 13.0 Å². The van der Waals surface area contributed by atoms with Gasteiger partial charge in [-0.05, 0) is 37.8 Å². The molecular formula is C31H42N4O12. The monoisotopic (exact) mass is 662 g/mol. The molecular weight excluding hydrogens is 620 g/mol. The average Bonchev–Trinajstić information content (AvgIpc) is 3.30. The fraction of sp³-hybridized carbons (Fsp3) is 0.581. The topological polar surface area (TPSA) is 216 Å². The minimum absolute atomic E-state index is 0.00901. The molecule has 2 atom stereocenters. The van der Waals surface area contributed by atoms with Gasteiger partial charge in [0.25, 0.3) is 17.7 Å². The highest BCUT2D eigenvalue weighted by Crippen LogP contribution is 2.33. The Balaban J connectivity index is 1.18. The van der Waals surface area contributed by atoms with Crippen molar-refractivity contribution in [2.45, 2.75) is 51.5 Å². The number of hydrogen-bond acceptors (Lipinski definition) is 11. The smallest absolute Gasteiger partial charge is 0.306 e. The Morgan fingerprint density at radius 2 is 1.53 bits per heavy atom. The Bertz CT molecular complexity index is 1300. The van der Waals surface area contributed by atoms with Gasteiger partial charge in [0, 0.05) is 39.1 Å². The molecule has 4 N–H and O–H groups in total. The van der Waals surface area contributed by atoms with E-state index in [1.54, 1.807) is 6.92 Å². The quantitative estimate of drug-likeness (QED) is 0.0956. The molecule has 1 fully saturated rings. The molecule has 0 bridgehead atoms. The summed E-state index contributed by atoms with van der Waals surface area (Å²) in [4.78, 5) is 85.3. The van der Waals surface area contributed by atoms with Crippen LogP contribution in [0.15, 0.2) is 18.2 Å². The molecule has 0 aromatic heterocycles. The summed E-state index contributed by atoms with van der Waals surface area (Å²) in [6, 6.07) is 3.32. The first-order valence-corrected chi connectivity index (χ1v) is 15.6. The number of imide groups is 2. The summed E-state index contributed by atoms with van der Waals surface area (Å²) in [6.45, 7) is 4.32. The van der Waals surface area contributed by atoms with Gasteiger partial charge in [0.1, 0.15) is 11.8 Å².